The van der Waals surface area contributed by atoms with Gasteiger partial charge in [0.05, 0.1) is 12.2 Å². The number of halogens is 1. The van der Waals surface area contributed by atoms with Crippen LogP contribution in [0.4, 0.5) is 0 Å². The Morgan fingerprint density at radius 3 is 2.89 bits per heavy atom. The highest BCUT2D eigenvalue weighted by atomic mass is 35.5. The van der Waals surface area contributed by atoms with Crippen molar-refractivity contribution in [3.8, 4) is 0 Å². The van der Waals surface area contributed by atoms with Crippen molar-refractivity contribution >= 4 is 28.5 Å². The molecule has 1 N–H and O–H groups in total. The summed E-state index contributed by atoms with van der Waals surface area (Å²) >= 11 is 5.74. The second-order valence-electron chi connectivity index (χ2n) is 4.54. The molecule has 0 aliphatic heterocycles. The molecule has 2 aromatic rings. The molecule has 1 heterocycles. The highest BCUT2D eigenvalue weighted by Gasteiger charge is 2.19. The van der Waals surface area contributed by atoms with E-state index in [-0.39, 0.29) is 5.97 Å². The third-order valence-electron chi connectivity index (χ3n) is 3.07. The molecule has 0 fully saturated rings. The third kappa shape index (κ3) is 2.92. The molecule has 0 saturated carbocycles. The number of hydrogen-bond donors (Lipinski definition) is 1. The van der Waals surface area contributed by atoms with Gasteiger partial charge in [0.25, 0.3) is 0 Å². The van der Waals surface area contributed by atoms with E-state index in [0.717, 1.165) is 35.0 Å². The average molecular weight is 280 g/mol. The second-order valence-corrected chi connectivity index (χ2v) is 4.92. The van der Waals surface area contributed by atoms with Crippen molar-refractivity contribution in [2.75, 3.05) is 12.5 Å². The molecule has 0 unspecified atom stereocenters. The molecule has 1 aromatic heterocycles. The Balaban J connectivity index is 2.52. The normalized spacial score (nSPS) is 10.9. The van der Waals surface area contributed by atoms with Crippen LogP contribution in [0.15, 0.2) is 18.2 Å². The summed E-state index contributed by atoms with van der Waals surface area (Å²) in [5, 5.41) is 0.933. The molecule has 19 heavy (non-hydrogen) atoms. The molecular formula is C15H18ClNO2. The van der Waals surface area contributed by atoms with E-state index in [9.17, 15) is 4.79 Å². The predicted molar refractivity (Wildman–Crippen MR) is 78.0 cm³/mol. The van der Waals surface area contributed by atoms with Gasteiger partial charge in [0.1, 0.15) is 0 Å². The zero-order valence-corrected chi connectivity index (χ0v) is 12.0. The van der Waals surface area contributed by atoms with Gasteiger partial charge in [-0.05, 0) is 38.8 Å². The van der Waals surface area contributed by atoms with Gasteiger partial charge >= 0.3 is 5.97 Å². The monoisotopic (exact) mass is 279 g/mol. The molecule has 0 aliphatic carbocycles. The van der Waals surface area contributed by atoms with Crippen LogP contribution in [-0.4, -0.2) is 23.4 Å². The Labute approximate surface area is 117 Å². The highest BCUT2D eigenvalue weighted by Crippen LogP contribution is 2.25. The minimum atomic E-state index is -0.260. The van der Waals surface area contributed by atoms with Gasteiger partial charge < -0.3 is 9.72 Å². The maximum Gasteiger partial charge on any atom is 0.340 e. The number of aryl methyl sites for hydroxylation is 2. The molecular weight excluding hydrogens is 262 g/mol. The molecule has 0 radical (unpaired) electrons. The predicted octanol–water partition coefficient (Wildman–Crippen LogP) is 3.82. The van der Waals surface area contributed by atoms with E-state index < -0.39 is 0 Å². The maximum atomic E-state index is 12.1. The molecule has 0 aliphatic rings. The van der Waals surface area contributed by atoms with Crippen LogP contribution < -0.4 is 0 Å². The SMILES string of the molecule is CCOC(=O)c1c(CCCCl)[nH]c2ccc(C)cc12. The van der Waals surface area contributed by atoms with E-state index in [1.807, 2.05) is 32.0 Å². The van der Waals surface area contributed by atoms with Gasteiger partial charge in [-0.15, -0.1) is 11.6 Å². The molecule has 0 amide bonds. The lowest BCUT2D eigenvalue weighted by molar-refractivity contribution is 0.0527. The molecule has 3 nitrogen and oxygen atoms in total. The smallest absolute Gasteiger partial charge is 0.340 e. The largest absolute Gasteiger partial charge is 0.462 e. The van der Waals surface area contributed by atoms with Crippen molar-refractivity contribution in [3.63, 3.8) is 0 Å². The summed E-state index contributed by atoms with van der Waals surface area (Å²) in [6.07, 6.45) is 1.59. The van der Waals surface area contributed by atoms with Crippen LogP contribution in [-0.2, 0) is 11.2 Å². The maximum absolute atomic E-state index is 12.1. The second kappa shape index (κ2) is 6.11. The minimum absolute atomic E-state index is 0.260. The number of aromatic amines is 1. The van der Waals surface area contributed by atoms with Crippen LogP contribution in [0, 0.1) is 6.92 Å². The van der Waals surface area contributed by atoms with Crippen LogP contribution in [0.5, 0.6) is 0 Å². The number of fused-ring (bicyclic) bond motifs is 1. The van der Waals surface area contributed by atoms with Gasteiger partial charge in [0.15, 0.2) is 0 Å². The fraction of sp³-hybridized carbons (Fsp3) is 0.400. The van der Waals surface area contributed by atoms with Crippen molar-refractivity contribution in [2.45, 2.75) is 26.7 Å². The fourth-order valence-corrected chi connectivity index (χ4v) is 2.36. The Kier molecular flexibility index (Phi) is 4.48. The van der Waals surface area contributed by atoms with Gasteiger partial charge in [0.2, 0.25) is 0 Å². The quantitative estimate of drug-likeness (QED) is 0.668. The van der Waals surface area contributed by atoms with Gasteiger partial charge in [-0.2, -0.15) is 0 Å². The summed E-state index contributed by atoms with van der Waals surface area (Å²) in [6, 6.07) is 6.04. The zero-order valence-electron chi connectivity index (χ0n) is 11.3. The van der Waals surface area contributed by atoms with Gasteiger partial charge in [-0.3, -0.25) is 0 Å². The Bertz CT molecular complexity index is 589. The molecule has 2 rings (SSSR count). The number of alkyl halides is 1. The van der Waals surface area contributed by atoms with Crippen LogP contribution in [0.2, 0.25) is 0 Å². The Morgan fingerprint density at radius 2 is 2.21 bits per heavy atom. The number of aromatic nitrogens is 1. The molecule has 0 saturated heterocycles. The number of benzene rings is 1. The highest BCUT2D eigenvalue weighted by molar-refractivity contribution is 6.17. The first kappa shape index (κ1) is 13.9. The minimum Gasteiger partial charge on any atom is -0.462 e. The molecule has 0 bridgehead atoms. The summed E-state index contributed by atoms with van der Waals surface area (Å²) in [5.41, 5.74) is 3.67. The number of rotatable bonds is 5. The van der Waals surface area contributed by atoms with Gasteiger partial charge in [-0.1, -0.05) is 11.6 Å². The van der Waals surface area contributed by atoms with E-state index in [1.165, 1.54) is 0 Å². The van der Waals surface area contributed by atoms with E-state index in [0.29, 0.717) is 18.1 Å². The summed E-state index contributed by atoms with van der Waals surface area (Å²) in [4.78, 5) is 15.4. The van der Waals surface area contributed by atoms with Crippen molar-refractivity contribution in [1.29, 1.82) is 0 Å². The average Bonchev–Trinajstić information content (AvgIpc) is 2.74. The number of hydrogen-bond acceptors (Lipinski definition) is 2. The molecule has 102 valence electrons. The Morgan fingerprint density at radius 1 is 1.42 bits per heavy atom. The molecule has 1 aromatic carbocycles. The lowest BCUT2D eigenvalue weighted by Gasteiger charge is -2.04. The van der Waals surface area contributed by atoms with Gasteiger partial charge in [0, 0.05) is 22.5 Å². The van der Waals surface area contributed by atoms with Crippen molar-refractivity contribution in [1.82, 2.24) is 4.98 Å². The first-order chi connectivity index (χ1) is 9.17. The first-order valence-electron chi connectivity index (χ1n) is 6.51. The van der Waals surface area contributed by atoms with E-state index in [2.05, 4.69) is 4.98 Å². The lowest BCUT2D eigenvalue weighted by Crippen LogP contribution is -2.07. The number of nitrogens with one attached hydrogen (secondary N) is 1. The number of ether oxygens (including phenoxy) is 1. The number of carbonyl (C=O) groups excluding carboxylic acids is 1. The first-order valence-corrected chi connectivity index (χ1v) is 7.05. The zero-order chi connectivity index (χ0) is 13.8. The fourth-order valence-electron chi connectivity index (χ4n) is 2.23. The van der Waals surface area contributed by atoms with Crippen LogP contribution in [0.1, 0.15) is 35.0 Å². The Hall–Kier alpha value is -1.48. The molecule has 4 heteroatoms. The third-order valence-corrected chi connectivity index (χ3v) is 3.34. The summed E-state index contributed by atoms with van der Waals surface area (Å²) in [6.45, 7) is 4.21. The van der Waals surface area contributed by atoms with Gasteiger partial charge in [-0.25, -0.2) is 4.79 Å². The number of esters is 1. The lowest BCUT2D eigenvalue weighted by atomic mass is 10.1. The summed E-state index contributed by atoms with van der Waals surface area (Å²) in [7, 11) is 0. The van der Waals surface area contributed by atoms with E-state index in [4.69, 9.17) is 16.3 Å². The molecule has 0 atom stereocenters. The van der Waals surface area contributed by atoms with E-state index >= 15 is 0 Å². The van der Waals surface area contributed by atoms with Crippen molar-refractivity contribution < 1.29 is 9.53 Å². The van der Waals surface area contributed by atoms with Crippen molar-refractivity contribution in [3.05, 3.63) is 35.0 Å². The number of carbonyl (C=O) groups is 1. The van der Waals surface area contributed by atoms with Crippen LogP contribution in [0.3, 0.4) is 0 Å². The summed E-state index contributed by atoms with van der Waals surface area (Å²) < 4.78 is 5.16. The molecule has 0 spiro atoms. The van der Waals surface area contributed by atoms with E-state index in [1.54, 1.807) is 0 Å². The number of H-pyrrole nitrogens is 1. The standard InChI is InChI=1S/C15H18ClNO2/c1-3-19-15(18)14-11-9-10(2)6-7-12(11)17-13(14)5-4-8-16/h6-7,9,17H,3-5,8H2,1-2H3. The summed E-state index contributed by atoms with van der Waals surface area (Å²) in [5.74, 6) is 0.320. The van der Waals surface area contributed by atoms with Crippen LogP contribution >= 0.6 is 11.6 Å². The van der Waals surface area contributed by atoms with Crippen LogP contribution in [0.25, 0.3) is 10.9 Å². The topological polar surface area (TPSA) is 42.1 Å². The van der Waals surface area contributed by atoms with Crippen molar-refractivity contribution in [2.24, 2.45) is 0 Å².